The summed E-state index contributed by atoms with van der Waals surface area (Å²) in [5, 5.41) is 10.0. The monoisotopic (exact) mass is 198 g/mol. The third-order valence-corrected chi connectivity index (χ3v) is 2.50. The molecule has 0 spiro atoms. The maximum Gasteiger partial charge on any atom is 0.0622 e. The van der Waals surface area contributed by atoms with Gasteiger partial charge in [0.05, 0.1) is 5.60 Å². The molecule has 84 valence electrons. The zero-order chi connectivity index (χ0) is 11.2. The van der Waals surface area contributed by atoms with Crippen LogP contribution >= 0.6 is 0 Å². The summed E-state index contributed by atoms with van der Waals surface area (Å²) in [4.78, 5) is 0. The summed E-state index contributed by atoms with van der Waals surface area (Å²) in [5.41, 5.74) is 0.862. The van der Waals surface area contributed by atoms with Crippen LogP contribution in [0.2, 0.25) is 0 Å². The lowest BCUT2D eigenvalue weighted by Gasteiger charge is -2.23. The van der Waals surface area contributed by atoms with Crippen LogP contribution in [0.4, 0.5) is 0 Å². The van der Waals surface area contributed by atoms with Gasteiger partial charge in [-0.2, -0.15) is 0 Å². The molecule has 0 saturated carbocycles. The molecule has 0 aliphatic rings. The second kappa shape index (κ2) is 6.23. The SMILES string of the molecule is CC(C)=CCCC(C)(O)CCC(C)C. The molecule has 14 heavy (non-hydrogen) atoms. The molecule has 1 nitrogen and oxygen atoms in total. The van der Waals surface area contributed by atoms with Crippen LogP contribution in [0.15, 0.2) is 11.6 Å². The van der Waals surface area contributed by atoms with Gasteiger partial charge in [0.2, 0.25) is 0 Å². The average molecular weight is 198 g/mol. The molecule has 0 bridgehead atoms. The standard InChI is InChI=1S/C13H26O/c1-11(2)7-6-9-13(5,14)10-8-12(3)4/h7,12,14H,6,8-10H2,1-5H3. The highest BCUT2D eigenvalue weighted by Gasteiger charge is 2.19. The smallest absolute Gasteiger partial charge is 0.0622 e. The molecule has 0 rings (SSSR count). The Kier molecular flexibility index (Phi) is 6.10. The molecule has 1 atom stereocenters. The first-order valence-corrected chi connectivity index (χ1v) is 5.69. The van der Waals surface area contributed by atoms with Crippen LogP contribution in [0, 0.1) is 5.92 Å². The fourth-order valence-electron chi connectivity index (χ4n) is 1.40. The van der Waals surface area contributed by atoms with Crippen LogP contribution in [0.1, 0.15) is 60.3 Å². The largest absolute Gasteiger partial charge is 0.390 e. The van der Waals surface area contributed by atoms with Crippen molar-refractivity contribution < 1.29 is 5.11 Å². The van der Waals surface area contributed by atoms with Gasteiger partial charge in [0, 0.05) is 0 Å². The number of allylic oxidation sites excluding steroid dienone is 2. The van der Waals surface area contributed by atoms with Gasteiger partial charge < -0.3 is 5.11 Å². The van der Waals surface area contributed by atoms with Crippen molar-refractivity contribution in [1.82, 2.24) is 0 Å². The van der Waals surface area contributed by atoms with Crippen molar-refractivity contribution in [2.75, 3.05) is 0 Å². The summed E-state index contributed by atoms with van der Waals surface area (Å²) in [5.74, 6) is 0.685. The van der Waals surface area contributed by atoms with Gasteiger partial charge in [-0.3, -0.25) is 0 Å². The van der Waals surface area contributed by atoms with Crippen LogP contribution in [0.5, 0.6) is 0 Å². The molecule has 0 aliphatic heterocycles. The Labute approximate surface area is 89.2 Å². The number of rotatable bonds is 6. The van der Waals surface area contributed by atoms with Gasteiger partial charge in [-0.15, -0.1) is 0 Å². The van der Waals surface area contributed by atoms with Gasteiger partial charge in [-0.25, -0.2) is 0 Å². The third-order valence-electron chi connectivity index (χ3n) is 2.50. The number of hydrogen-bond donors (Lipinski definition) is 1. The van der Waals surface area contributed by atoms with Gasteiger partial charge in [0.15, 0.2) is 0 Å². The van der Waals surface area contributed by atoms with Crippen molar-refractivity contribution in [3.63, 3.8) is 0 Å². The fourth-order valence-corrected chi connectivity index (χ4v) is 1.40. The van der Waals surface area contributed by atoms with E-state index in [-0.39, 0.29) is 0 Å². The molecule has 1 unspecified atom stereocenters. The van der Waals surface area contributed by atoms with Crippen LogP contribution in [0.25, 0.3) is 0 Å². The van der Waals surface area contributed by atoms with Crippen LogP contribution in [0.3, 0.4) is 0 Å². The molecule has 1 N–H and O–H groups in total. The molecular formula is C13H26O. The fraction of sp³-hybridized carbons (Fsp3) is 0.846. The molecule has 0 aromatic heterocycles. The maximum atomic E-state index is 10.0. The first kappa shape index (κ1) is 13.7. The van der Waals surface area contributed by atoms with Crippen molar-refractivity contribution in [2.45, 2.75) is 65.9 Å². The zero-order valence-corrected chi connectivity index (χ0v) is 10.4. The van der Waals surface area contributed by atoms with Crippen molar-refractivity contribution in [2.24, 2.45) is 5.92 Å². The van der Waals surface area contributed by atoms with Crippen LogP contribution < -0.4 is 0 Å². The van der Waals surface area contributed by atoms with Gasteiger partial charge in [-0.1, -0.05) is 25.5 Å². The molecule has 0 amide bonds. The summed E-state index contributed by atoms with van der Waals surface area (Å²) >= 11 is 0. The van der Waals surface area contributed by atoms with Gasteiger partial charge >= 0.3 is 0 Å². The Bertz CT molecular complexity index is 174. The lowest BCUT2D eigenvalue weighted by molar-refractivity contribution is 0.0376. The maximum absolute atomic E-state index is 10.0. The van der Waals surface area contributed by atoms with Crippen molar-refractivity contribution >= 4 is 0 Å². The van der Waals surface area contributed by atoms with Gasteiger partial charge in [-0.05, 0) is 52.4 Å². The minimum Gasteiger partial charge on any atom is -0.390 e. The Morgan fingerprint density at radius 1 is 1.29 bits per heavy atom. The molecule has 0 fully saturated rings. The first-order valence-electron chi connectivity index (χ1n) is 5.69. The molecule has 1 heteroatoms. The molecule has 0 aromatic carbocycles. The summed E-state index contributed by atoms with van der Waals surface area (Å²) in [7, 11) is 0. The van der Waals surface area contributed by atoms with E-state index in [0.29, 0.717) is 5.92 Å². The highest BCUT2D eigenvalue weighted by Crippen LogP contribution is 2.21. The number of aliphatic hydroxyl groups is 1. The molecule has 0 heterocycles. The van der Waals surface area contributed by atoms with E-state index in [4.69, 9.17) is 0 Å². The van der Waals surface area contributed by atoms with Gasteiger partial charge in [0.25, 0.3) is 0 Å². The van der Waals surface area contributed by atoms with Crippen molar-refractivity contribution in [3.05, 3.63) is 11.6 Å². The van der Waals surface area contributed by atoms with E-state index in [1.165, 1.54) is 5.57 Å². The summed E-state index contributed by atoms with van der Waals surface area (Å²) in [6.07, 6.45) is 6.10. The van der Waals surface area contributed by atoms with E-state index >= 15 is 0 Å². The Hall–Kier alpha value is -0.300. The van der Waals surface area contributed by atoms with Crippen LogP contribution in [-0.4, -0.2) is 10.7 Å². The zero-order valence-electron chi connectivity index (χ0n) is 10.4. The molecule has 0 aromatic rings. The highest BCUT2D eigenvalue weighted by molar-refractivity contribution is 4.94. The summed E-state index contributed by atoms with van der Waals surface area (Å²) < 4.78 is 0. The first-order chi connectivity index (χ1) is 6.33. The van der Waals surface area contributed by atoms with E-state index in [1.54, 1.807) is 0 Å². The summed E-state index contributed by atoms with van der Waals surface area (Å²) in [6, 6.07) is 0. The lowest BCUT2D eigenvalue weighted by atomic mass is 9.91. The quantitative estimate of drug-likeness (QED) is 0.641. The second-order valence-electron chi connectivity index (χ2n) is 5.25. The molecule has 0 saturated heterocycles. The van der Waals surface area contributed by atoms with Gasteiger partial charge in [0.1, 0.15) is 0 Å². The average Bonchev–Trinajstić information content (AvgIpc) is 2.00. The predicted molar refractivity (Wildman–Crippen MR) is 63.4 cm³/mol. The van der Waals surface area contributed by atoms with E-state index < -0.39 is 5.60 Å². The van der Waals surface area contributed by atoms with E-state index in [1.807, 2.05) is 6.92 Å². The highest BCUT2D eigenvalue weighted by atomic mass is 16.3. The minimum absolute atomic E-state index is 0.476. The predicted octanol–water partition coefficient (Wildman–Crippen LogP) is 3.92. The van der Waals surface area contributed by atoms with E-state index in [2.05, 4.69) is 33.8 Å². The van der Waals surface area contributed by atoms with E-state index in [0.717, 1.165) is 25.7 Å². The van der Waals surface area contributed by atoms with Crippen molar-refractivity contribution in [3.8, 4) is 0 Å². The van der Waals surface area contributed by atoms with Crippen LogP contribution in [-0.2, 0) is 0 Å². The molecular weight excluding hydrogens is 172 g/mol. The Morgan fingerprint density at radius 3 is 2.29 bits per heavy atom. The third kappa shape index (κ3) is 8.31. The normalized spacial score (nSPS) is 15.4. The minimum atomic E-state index is -0.476. The Morgan fingerprint density at radius 2 is 1.86 bits per heavy atom. The lowest BCUT2D eigenvalue weighted by Crippen LogP contribution is -2.24. The topological polar surface area (TPSA) is 20.2 Å². The number of hydrogen-bond acceptors (Lipinski definition) is 1. The molecule has 0 radical (unpaired) electrons. The van der Waals surface area contributed by atoms with E-state index in [9.17, 15) is 5.11 Å². The molecule has 0 aliphatic carbocycles. The van der Waals surface area contributed by atoms with Crippen molar-refractivity contribution in [1.29, 1.82) is 0 Å². The Balaban J connectivity index is 3.77. The summed E-state index contributed by atoms with van der Waals surface area (Å²) in [6.45, 7) is 10.6. The second-order valence-corrected chi connectivity index (χ2v) is 5.25.